The molecule has 2 rings (SSSR count). The van der Waals surface area contributed by atoms with Crippen molar-refractivity contribution in [2.45, 2.75) is 19.9 Å². The van der Waals surface area contributed by atoms with Crippen LogP contribution in [0.25, 0.3) is 0 Å². The molecule has 6 heteroatoms. The van der Waals surface area contributed by atoms with Crippen LogP contribution in [0, 0.1) is 0 Å². The third-order valence-electron chi connectivity index (χ3n) is 4.39. The van der Waals surface area contributed by atoms with Gasteiger partial charge in [0, 0.05) is 52.3 Å². The van der Waals surface area contributed by atoms with Gasteiger partial charge in [0.05, 0.1) is 12.6 Å². The molecule has 1 aliphatic heterocycles. The van der Waals surface area contributed by atoms with Gasteiger partial charge in [-0.15, -0.1) is 0 Å². The van der Waals surface area contributed by atoms with Crippen molar-refractivity contribution in [1.29, 1.82) is 0 Å². The topological polar surface area (TPSA) is 61.9 Å². The molecule has 0 radical (unpaired) electrons. The van der Waals surface area contributed by atoms with Gasteiger partial charge in [-0.1, -0.05) is 12.1 Å². The third kappa shape index (κ3) is 4.55. The average molecular weight is 333 g/mol. The molecule has 1 heterocycles. The third-order valence-corrected chi connectivity index (χ3v) is 4.39. The van der Waals surface area contributed by atoms with E-state index in [1.807, 2.05) is 30.0 Å². The molecule has 0 saturated carbocycles. The molecule has 1 aromatic carbocycles. The normalized spacial score (nSPS) is 18.5. The van der Waals surface area contributed by atoms with E-state index in [-0.39, 0.29) is 17.9 Å². The minimum Gasteiger partial charge on any atom is -0.380 e. The number of amides is 2. The highest BCUT2D eigenvalue weighted by molar-refractivity contribution is 5.94. The number of carbonyl (C=O) groups is 2. The van der Waals surface area contributed by atoms with E-state index in [0.717, 1.165) is 25.2 Å². The maximum Gasteiger partial charge on any atom is 0.251 e. The van der Waals surface area contributed by atoms with Gasteiger partial charge >= 0.3 is 0 Å². The Morgan fingerprint density at radius 1 is 1.33 bits per heavy atom. The van der Waals surface area contributed by atoms with E-state index in [1.54, 1.807) is 20.0 Å². The van der Waals surface area contributed by atoms with Gasteiger partial charge in [0.2, 0.25) is 5.91 Å². The lowest BCUT2D eigenvalue weighted by Crippen LogP contribution is -2.50. The van der Waals surface area contributed by atoms with Crippen molar-refractivity contribution in [3.8, 4) is 0 Å². The van der Waals surface area contributed by atoms with Crippen molar-refractivity contribution >= 4 is 11.8 Å². The number of benzene rings is 1. The lowest BCUT2D eigenvalue weighted by Gasteiger charge is -2.41. The summed E-state index contributed by atoms with van der Waals surface area (Å²) < 4.78 is 5.44. The molecule has 1 saturated heterocycles. The Balaban J connectivity index is 2.18. The molecular formula is C18H27N3O3. The van der Waals surface area contributed by atoms with Gasteiger partial charge in [-0.3, -0.25) is 14.5 Å². The summed E-state index contributed by atoms with van der Waals surface area (Å²) >= 11 is 0. The molecule has 1 atom stereocenters. The van der Waals surface area contributed by atoms with Gasteiger partial charge in [-0.2, -0.15) is 0 Å². The number of nitrogens with zero attached hydrogens (tertiary/aromatic N) is 2. The Morgan fingerprint density at radius 2 is 2.12 bits per heavy atom. The second-order valence-corrected chi connectivity index (χ2v) is 5.93. The molecule has 0 spiro atoms. The summed E-state index contributed by atoms with van der Waals surface area (Å²) in [6.45, 7) is 8.14. The van der Waals surface area contributed by atoms with Gasteiger partial charge in [0.1, 0.15) is 0 Å². The highest BCUT2D eigenvalue weighted by atomic mass is 16.5. The van der Waals surface area contributed by atoms with Crippen LogP contribution in [-0.2, 0) is 9.53 Å². The van der Waals surface area contributed by atoms with Gasteiger partial charge in [0.15, 0.2) is 0 Å². The molecule has 0 bridgehead atoms. The highest BCUT2D eigenvalue weighted by Crippen LogP contribution is 2.26. The predicted molar refractivity (Wildman–Crippen MR) is 92.9 cm³/mol. The van der Waals surface area contributed by atoms with Crippen LogP contribution in [0.15, 0.2) is 24.3 Å². The standard InChI is InChI=1S/C18H27N3O3/c1-4-24-11-10-20-8-9-21(14(2)22)17(13-20)15-6-5-7-16(12-15)18(23)19-3/h5-7,12,17H,4,8-11,13H2,1-3H3,(H,19,23). The fourth-order valence-electron chi connectivity index (χ4n) is 3.07. The fraction of sp³-hybridized carbons (Fsp3) is 0.556. The van der Waals surface area contributed by atoms with E-state index >= 15 is 0 Å². The average Bonchev–Trinajstić information content (AvgIpc) is 2.61. The Hall–Kier alpha value is -1.92. The van der Waals surface area contributed by atoms with Crippen LogP contribution in [0.1, 0.15) is 35.8 Å². The van der Waals surface area contributed by atoms with E-state index in [1.165, 1.54) is 0 Å². The molecule has 1 N–H and O–H groups in total. The summed E-state index contributed by atoms with van der Waals surface area (Å²) in [5.41, 5.74) is 1.61. The number of piperazine rings is 1. The SMILES string of the molecule is CCOCCN1CCN(C(C)=O)C(c2cccc(C(=O)NC)c2)C1. The Morgan fingerprint density at radius 3 is 2.79 bits per heavy atom. The Kier molecular flexibility index (Phi) is 6.75. The van der Waals surface area contributed by atoms with Crippen LogP contribution in [-0.4, -0.2) is 68.1 Å². The first-order valence-corrected chi connectivity index (χ1v) is 8.46. The molecule has 1 aliphatic rings. The second kappa shape index (κ2) is 8.80. The first-order valence-electron chi connectivity index (χ1n) is 8.46. The Bertz CT molecular complexity index is 576. The quantitative estimate of drug-likeness (QED) is 0.797. The first-order chi connectivity index (χ1) is 11.6. The van der Waals surface area contributed by atoms with Crippen LogP contribution in [0.5, 0.6) is 0 Å². The Labute approximate surface area is 143 Å². The molecule has 6 nitrogen and oxygen atoms in total. The van der Waals surface area contributed by atoms with E-state index in [4.69, 9.17) is 4.74 Å². The highest BCUT2D eigenvalue weighted by Gasteiger charge is 2.30. The smallest absolute Gasteiger partial charge is 0.251 e. The van der Waals surface area contributed by atoms with E-state index in [9.17, 15) is 9.59 Å². The van der Waals surface area contributed by atoms with Crippen LogP contribution < -0.4 is 5.32 Å². The zero-order valence-corrected chi connectivity index (χ0v) is 14.7. The summed E-state index contributed by atoms with van der Waals surface area (Å²) in [6, 6.07) is 7.49. The number of ether oxygens (including phenoxy) is 1. The van der Waals surface area contributed by atoms with Crippen molar-refractivity contribution in [2.75, 3.05) is 46.4 Å². The molecule has 132 valence electrons. The number of carbonyl (C=O) groups excluding carboxylic acids is 2. The van der Waals surface area contributed by atoms with E-state index in [2.05, 4.69) is 10.2 Å². The minimum atomic E-state index is -0.116. The maximum atomic E-state index is 12.0. The number of hydrogen-bond acceptors (Lipinski definition) is 4. The molecule has 1 fully saturated rings. The van der Waals surface area contributed by atoms with Gasteiger partial charge in [0.25, 0.3) is 5.91 Å². The number of hydrogen-bond donors (Lipinski definition) is 1. The first kappa shape index (κ1) is 18.4. The van der Waals surface area contributed by atoms with E-state index in [0.29, 0.717) is 25.3 Å². The largest absolute Gasteiger partial charge is 0.380 e. The van der Waals surface area contributed by atoms with Gasteiger partial charge in [-0.25, -0.2) is 0 Å². The van der Waals surface area contributed by atoms with Crippen molar-refractivity contribution in [3.05, 3.63) is 35.4 Å². The number of rotatable bonds is 6. The van der Waals surface area contributed by atoms with Crippen molar-refractivity contribution in [1.82, 2.24) is 15.1 Å². The van der Waals surface area contributed by atoms with Crippen LogP contribution >= 0.6 is 0 Å². The second-order valence-electron chi connectivity index (χ2n) is 5.93. The summed E-state index contributed by atoms with van der Waals surface area (Å²) in [5, 5.41) is 2.64. The predicted octanol–water partition coefficient (Wildman–Crippen LogP) is 1.29. The van der Waals surface area contributed by atoms with Crippen LogP contribution in [0.4, 0.5) is 0 Å². The molecular weight excluding hydrogens is 306 g/mol. The molecule has 1 unspecified atom stereocenters. The summed E-state index contributed by atoms with van der Waals surface area (Å²) in [5.74, 6) is -0.0509. The lowest BCUT2D eigenvalue weighted by atomic mass is 9.99. The zero-order chi connectivity index (χ0) is 17.5. The maximum absolute atomic E-state index is 12.0. The molecule has 1 aromatic rings. The summed E-state index contributed by atoms with van der Waals surface area (Å²) in [7, 11) is 1.62. The summed E-state index contributed by atoms with van der Waals surface area (Å²) in [6.07, 6.45) is 0. The molecule has 2 amide bonds. The monoisotopic (exact) mass is 333 g/mol. The van der Waals surface area contributed by atoms with Crippen molar-refractivity contribution < 1.29 is 14.3 Å². The van der Waals surface area contributed by atoms with Gasteiger partial charge < -0.3 is 15.0 Å². The van der Waals surface area contributed by atoms with E-state index < -0.39 is 0 Å². The summed E-state index contributed by atoms with van der Waals surface area (Å²) in [4.78, 5) is 28.1. The molecule has 0 aromatic heterocycles. The van der Waals surface area contributed by atoms with Crippen molar-refractivity contribution in [2.24, 2.45) is 0 Å². The lowest BCUT2D eigenvalue weighted by molar-refractivity contribution is -0.134. The number of nitrogens with one attached hydrogen (secondary N) is 1. The van der Waals surface area contributed by atoms with Crippen molar-refractivity contribution in [3.63, 3.8) is 0 Å². The zero-order valence-electron chi connectivity index (χ0n) is 14.7. The molecule has 24 heavy (non-hydrogen) atoms. The van der Waals surface area contributed by atoms with Crippen LogP contribution in [0.2, 0.25) is 0 Å². The fourth-order valence-corrected chi connectivity index (χ4v) is 3.07. The minimum absolute atomic E-state index is 0.0394. The molecule has 0 aliphatic carbocycles. The van der Waals surface area contributed by atoms with Gasteiger partial charge in [-0.05, 0) is 24.6 Å². The van der Waals surface area contributed by atoms with Crippen LogP contribution in [0.3, 0.4) is 0 Å².